The summed E-state index contributed by atoms with van der Waals surface area (Å²) in [6.45, 7) is 14.0. The predicted octanol–water partition coefficient (Wildman–Crippen LogP) is -16.7. The Kier molecular flexibility index (Phi) is 45.0. The van der Waals surface area contributed by atoms with Gasteiger partial charge in [-0.15, -0.1) is 0 Å². The van der Waals surface area contributed by atoms with Crippen molar-refractivity contribution in [3.63, 3.8) is 0 Å². The Bertz CT molecular complexity index is 4910. The average molecular weight is 2280 g/mol. The lowest BCUT2D eigenvalue weighted by Crippen LogP contribution is -2.66. The number of rotatable bonds is 51. The van der Waals surface area contributed by atoms with Crippen LogP contribution in [0.15, 0.2) is 30.3 Å². The topological polar surface area (TPSA) is 754 Å². The minimum absolute atomic E-state index is 0.136. The van der Waals surface area contributed by atoms with E-state index >= 15 is 0 Å². The molecule has 0 bridgehead atoms. The average Bonchev–Trinajstić information content (AvgIpc) is 0.781. The van der Waals surface area contributed by atoms with Gasteiger partial charge in [-0.1, -0.05) is 50.0 Å². The van der Waals surface area contributed by atoms with Crippen LogP contribution in [0.4, 0.5) is 0 Å². The third kappa shape index (κ3) is 28.8. The molecule has 1 aromatic rings. The summed E-state index contributed by atoms with van der Waals surface area (Å²) in [5.74, 6) is 0. The van der Waals surface area contributed by atoms with Crippen molar-refractivity contribution >= 4 is 372 Å². The highest BCUT2D eigenvalue weighted by Crippen LogP contribution is 2.15. The molecule has 0 amide bonds. The SMILES string of the molecule is C[SiH](O[Si](=O)[Si](=O)[Si](=O)[Si](=O)[Si](=O)[Si](=O)[Si](=O)[Si](=O)[Si](=O)[Si](=O)[Si](=O)[Si](=O)[Si](=O)[Si](=O)[Si](=O)[Si](=O)[Si](=O)[Si](=O)[Si](=O)[Si](C)(O[Si](=O)[Si](=O)[Si](=O)[Si](=O)[Si](C)(C)C)c1ccccc1)[Si](=O)[Si](=O)[Si](=O)[Si](=O)[Si](=O)[Si](=O)[Si](=O)[Si](=O)[Si](=O)[Si](=O)[Si](=O)[Si](=O)[Si](=O)[Si](=O)[Si](=O)[Si](=O)[Si](=O)[Si](=O)[Si](=O)O[Si](C)(C)O[Si](C)(C)C. The van der Waals surface area contributed by atoms with Crippen molar-refractivity contribution in [2.24, 2.45) is 0 Å². The van der Waals surface area contributed by atoms with Crippen LogP contribution in [-0.2, 0) is 204 Å². The van der Waals surface area contributed by atoms with E-state index in [-0.39, 0.29) is 5.19 Å². The van der Waals surface area contributed by atoms with E-state index in [0.29, 0.717) is 6.55 Å². The lowest BCUT2D eigenvalue weighted by molar-refractivity contribution is 0.377. The Hall–Kier alpha value is 0.374. The second kappa shape index (κ2) is 45.7. The van der Waals surface area contributed by atoms with Crippen molar-refractivity contribution in [2.75, 3.05) is 0 Å². The van der Waals surface area contributed by atoms with Crippen molar-refractivity contribution in [3.05, 3.63) is 30.3 Å². The number of hydrogen-bond acceptors (Lipinski definition) is 46. The van der Waals surface area contributed by atoms with E-state index in [0.717, 1.165) is 6.55 Å². The van der Waals surface area contributed by atoms with Crippen LogP contribution < -0.4 is 5.19 Å². The Labute approximate surface area is 664 Å². The molecule has 109 heavy (non-hydrogen) atoms. The lowest BCUT2D eigenvalue weighted by atomic mass is 10.4. The van der Waals surface area contributed by atoms with Crippen molar-refractivity contribution in [1.82, 2.24) is 0 Å². The molecule has 0 heterocycles. The van der Waals surface area contributed by atoms with Gasteiger partial charge in [0, 0.05) is 0 Å². The minimum Gasteiger partial charge on any atom is -0.577 e. The van der Waals surface area contributed by atoms with Gasteiger partial charge in [0.05, 0.1) is 0 Å². The standard InChI is InChI=1S/C16H36O46Si47/c1-63(67(20)71(24)74(27)77(30)80(33)83(36)86(39)89(42)92(45)93(46)91(44)88(41)85(38)82(35)79(32)76(29)73(26)69(22)65(18)60-108(8,9)62-106(2,3)4)59-64(17)68(21)72(25)75(28)78(31)81(34)84(37)87(40)90(43)94(47)95(48)96(49)97(50)98(51)99(52)100(53)101(54)103(56)105(58)109(10,16-14-12-11-13-15-16)61-66(19)70(23)102(55)104(57)107(5,6)7/h11-15,63H,1-10H3. The quantitative estimate of drug-likeness (QED) is 0.0547. The summed E-state index contributed by atoms with van der Waals surface area (Å²) >= 11 is 0. The van der Waals surface area contributed by atoms with Gasteiger partial charge in [-0.05, 0) is 51.0 Å². The van der Waals surface area contributed by atoms with Gasteiger partial charge in [0.15, 0.2) is 8.32 Å². The van der Waals surface area contributed by atoms with Crippen molar-refractivity contribution in [2.45, 2.75) is 65.5 Å². The molecule has 46 nitrogen and oxygen atoms in total. The zero-order valence-corrected chi connectivity index (χ0v) is 103. The van der Waals surface area contributed by atoms with Gasteiger partial charge in [-0.25, -0.2) is 0 Å². The fourth-order valence-electron chi connectivity index (χ4n) is 6.95. The minimum atomic E-state index is -4.81. The highest BCUT2D eigenvalue weighted by molar-refractivity contribution is 7.85. The van der Waals surface area contributed by atoms with E-state index in [2.05, 4.69) is 0 Å². The fourth-order valence-corrected chi connectivity index (χ4v) is 506. The zero-order valence-electron chi connectivity index (χ0n) is 55.7. The molecule has 93 heteroatoms. The Balaban J connectivity index is 3.10. The number of hydrogen-bond donors (Lipinski definition) is 0. The van der Waals surface area contributed by atoms with Crippen LogP contribution in [0, 0.1) is 0 Å². The summed E-state index contributed by atoms with van der Waals surface area (Å²) in [5.41, 5.74) is 0. The summed E-state index contributed by atoms with van der Waals surface area (Å²) in [6, 6.07) is 6.33. The van der Waals surface area contributed by atoms with E-state index in [1.54, 1.807) is 19.6 Å². The molecule has 0 aliphatic carbocycles. The van der Waals surface area contributed by atoms with Gasteiger partial charge in [0.2, 0.25) is 0 Å². The molecule has 0 spiro atoms. The molecule has 0 radical (unpaired) electrons. The van der Waals surface area contributed by atoms with Gasteiger partial charge in [0.25, 0.3) is 8.56 Å². The smallest absolute Gasteiger partial charge is 0.533 e. The van der Waals surface area contributed by atoms with Gasteiger partial charge in [0.1, 0.15) is 7.59 Å². The van der Waals surface area contributed by atoms with E-state index in [1.807, 2.05) is 0 Å². The second-order valence-electron chi connectivity index (χ2n) is 23.0. The summed E-state index contributed by atoms with van der Waals surface area (Å²) in [7, 11) is -206. The Morgan fingerprint density at radius 2 is 0.440 bits per heavy atom. The maximum absolute atomic E-state index is 14.0. The molecule has 0 aromatic heterocycles. The molecule has 0 fully saturated rings. The van der Waals surface area contributed by atoms with Gasteiger partial charge < -0.3 is 204 Å². The van der Waals surface area contributed by atoms with E-state index in [1.165, 1.54) is 63.1 Å². The third-order valence-electron chi connectivity index (χ3n) is 12.3. The van der Waals surface area contributed by atoms with Crippen LogP contribution in [0.2, 0.25) is 65.5 Å². The van der Waals surface area contributed by atoms with Crippen LogP contribution in [0.25, 0.3) is 0 Å². The third-order valence-corrected chi connectivity index (χ3v) is 356. The molecule has 0 N–H and O–H groups in total. The first kappa shape index (κ1) is 107. The van der Waals surface area contributed by atoms with Crippen LogP contribution in [0.5, 0.6) is 0 Å². The summed E-state index contributed by atoms with van der Waals surface area (Å²) in [5, 5.41) is -0.136. The molecule has 1 rings (SSSR count). The molecule has 0 saturated carbocycles. The van der Waals surface area contributed by atoms with E-state index < -0.39 is 367 Å². The fraction of sp³-hybridized carbons (Fsp3) is 0.625. The summed E-state index contributed by atoms with van der Waals surface area (Å²) in [6.07, 6.45) is 0. The van der Waals surface area contributed by atoms with Crippen LogP contribution >= 0.6 is 0 Å². The molecular formula is C16H36O46Si47. The first-order valence-corrected chi connectivity index (χ1v) is 143. The molecule has 564 valence electrons. The van der Waals surface area contributed by atoms with Crippen molar-refractivity contribution in [1.29, 1.82) is 0 Å². The van der Waals surface area contributed by atoms with Crippen molar-refractivity contribution < 1.29 is 204 Å². The van der Waals surface area contributed by atoms with Crippen molar-refractivity contribution in [3.8, 4) is 0 Å². The number of benzene rings is 1. The first-order chi connectivity index (χ1) is 49.4. The highest BCUT2D eigenvalue weighted by Gasteiger charge is 2.62. The zero-order chi connectivity index (χ0) is 85.8. The van der Waals surface area contributed by atoms with Crippen LogP contribution in [0.1, 0.15) is 0 Å². The predicted molar refractivity (Wildman–Crippen MR) is 390 cm³/mol. The maximum Gasteiger partial charge on any atom is 0.533 e. The van der Waals surface area contributed by atoms with Crippen LogP contribution in [-0.4, -0.2) is 367 Å². The highest BCUT2D eigenvalue weighted by atomic mass is 30.1. The van der Waals surface area contributed by atoms with E-state index in [9.17, 15) is 187 Å². The van der Waals surface area contributed by atoms with Gasteiger partial charge in [-0.3, -0.25) is 0 Å². The molecule has 2 unspecified atom stereocenters. The largest absolute Gasteiger partial charge is 0.577 e. The monoisotopic (exact) mass is 2280 g/mol. The molecule has 1 aromatic carbocycles. The van der Waals surface area contributed by atoms with Gasteiger partial charge in [-0.2, -0.15) is 0 Å². The van der Waals surface area contributed by atoms with Crippen LogP contribution in [0.3, 0.4) is 0 Å². The normalized spacial score (nSPS) is 11.5. The molecule has 0 aliphatic heterocycles. The molecule has 0 saturated heterocycles. The van der Waals surface area contributed by atoms with Gasteiger partial charge >= 0.3 is 343 Å². The lowest BCUT2D eigenvalue weighted by Gasteiger charge is -2.30. The second-order valence-corrected chi connectivity index (χ2v) is 248. The summed E-state index contributed by atoms with van der Waals surface area (Å²) in [4.78, 5) is 0. The molecule has 2 atom stereocenters. The molecule has 0 aliphatic rings. The molecular weight excluding hydrogens is 2250 g/mol. The first-order valence-electron chi connectivity index (χ1n) is 28.0. The Morgan fingerprint density at radius 1 is 0.239 bits per heavy atom. The maximum atomic E-state index is 14.0. The summed E-state index contributed by atoms with van der Waals surface area (Å²) < 4.78 is 568. The Morgan fingerprint density at radius 3 is 0.688 bits per heavy atom. The van der Waals surface area contributed by atoms with E-state index in [4.69, 9.17) is 16.5 Å².